The Morgan fingerprint density at radius 2 is 2.42 bits per heavy atom. The Morgan fingerprint density at radius 3 is 3.05 bits per heavy atom. The third-order valence-electron chi connectivity index (χ3n) is 3.85. The third-order valence-corrected chi connectivity index (χ3v) is 4.90. The van der Waals surface area contributed by atoms with Crippen LogP contribution in [0, 0.1) is 5.41 Å². The lowest BCUT2D eigenvalue weighted by molar-refractivity contribution is 0.0760. The number of hydrogen-bond acceptors (Lipinski definition) is 5. The molecule has 0 amide bonds. The van der Waals surface area contributed by atoms with Crippen molar-refractivity contribution in [3.05, 3.63) is 16.1 Å². The van der Waals surface area contributed by atoms with Crippen LogP contribution in [0.4, 0.5) is 0 Å². The van der Waals surface area contributed by atoms with Gasteiger partial charge in [-0.2, -0.15) is 0 Å². The van der Waals surface area contributed by atoms with E-state index in [1.165, 1.54) is 6.42 Å². The highest BCUT2D eigenvalue weighted by Crippen LogP contribution is 2.30. The molecule has 108 valence electrons. The van der Waals surface area contributed by atoms with Crippen LogP contribution < -0.4 is 5.73 Å². The molecule has 1 aliphatic heterocycles. The lowest BCUT2D eigenvalue weighted by atomic mass is 9.90. The van der Waals surface area contributed by atoms with Crippen LogP contribution in [-0.4, -0.2) is 36.1 Å². The molecule has 1 aromatic rings. The zero-order valence-electron chi connectivity index (χ0n) is 12.2. The van der Waals surface area contributed by atoms with Gasteiger partial charge in [-0.1, -0.05) is 6.92 Å². The summed E-state index contributed by atoms with van der Waals surface area (Å²) < 4.78 is 5.58. The van der Waals surface area contributed by atoms with Crippen LogP contribution in [0.2, 0.25) is 0 Å². The van der Waals surface area contributed by atoms with E-state index in [1.807, 2.05) is 6.92 Å². The monoisotopic (exact) mass is 283 g/mol. The second-order valence-corrected chi connectivity index (χ2v) is 6.64. The van der Waals surface area contributed by atoms with E-state index in [0.29, 0.717) is 0 Å². The lowest BCUT2D eigenvalue weighted by Gasteiger charge is -2.22. The van der Waals surface area contributed by atoms with Gasteiger partial charge in [0.25, 0.3) is 0 Å². The number of rotatable bonds is 6. The number of ether oxygens (including phenoxy) is 1. The zero-order valence-corrected chi connectivity index (χ0v) is 13.0. The van der Waals surface area contributed by atoms with E-state index >= 15 is 0 Å². The van der Waals surface area contributed by atoms with Crippen molar-refractivity contribution >= 4 is 11.3 Å². The van der Waals surface area contributed by atoms with Crippen LogP contribution in [-0.2, 0) is 11.3 Å². The fourth-order valence-corrected chi connectivity index (χ4v) is 3.37. The SMILES string of the molecule is CCOC(C)c1nc(CN2CCC(C)(CN)C2)cs1. The van der Waals surface area contributed by atoms with Crippen molar-refractivity contribution in [3.63, 3.8) is 0 Å². The summed E-state index contributed by atoms with van der Waals surface area (Å²) in [4.78, 5) is 7.14. The molecule has 0 aliphatic carbocycles. The minimum atomic E-state index is 0.108. The molecule has 2 atom stereocenters. The normalized spacial score (nSPS) is 25.9. The Morgan fingerprint density at radius 1 is 1.63 bits per heavy atom. The van der Waals surface area contributed by atoms with Crippen LogP contribution in [0.15, 0.2) is 5.38 Å². The van der Waals surface area contributed by atoms with E-state index in [-0.39, 0.29) is 11.5 Å². The molecule has 0 aromatic carbocycles. The lowest BCUT2D eigenvalue weighted by Crippen LogP contribution is -2.31. The molecule has 1 aromatic heterocycles. The van der Waals surface area contributed by atoms with E-state index in [1.54, 1.807) is 11.3 Å². The Balaban J connectivity index is 1.90. The topological polar surface area (TPSA) is 51.4 Å². The van der Waals surface area contributed by atoms with E-state index in [4.69, 9.17) is 10.5 Å². The number of nitrogens with zero attached hydrogens (tertiary/aromatic N) is 2. The average molecular weight is 283 g/mol. The largest absolute Gasteiger partial charge is 0.372 e. The number of aromatic nitrogens is 1. The molecule has 2 heterocycles. The summed E-state index contributed by atoms with van der Waals surface area (Å²) in [6, 6.07) is 0. The molecule has 5 heteroatoms. The van der Waals surface area contributed by atoms with Gasteiger partial charge in [0, 0.05) is 25.1 Å². The summed E-state index contributed by atoms with van der Waals surface area (Å²) in [6.07, 6.45) is 1.30. The molecule has 1 fully saturated rings. The van der Waals surface area contributed by atoms with Crippen LogP contribution in [0.5, 0.6) is 0 Å². The van der Waals surface area contributed by atoms with Gasteiger partial charge >= 0.3 is 0 Å². The summed E-state index contributed by atoms with van der Waals surface area (Å²) in [5.41, 5.74) is 7.29. The van der Waals surface area contributed by atoms with Crippen molar-refractivity contribution in [2.45, 2.75) is 39.8 Å². The second-order valence-electron chi connectivity index (χ2n) is 5.75. The van der Waals surface area contributed by atoms with Crippen molar-refractivity contribution in [2.75, 3.05) is 26.2 Å². The first-order valence-corrected chi connectivity index (χ1v) is 7.92. The van der Waals surface area contributed by atoms with Crippen LogP contribution in [0.3, 0.4) is 0 Å². The number of hydrogen-bond donors (Lipinski definition) is 1. The van der Waals surface area contributed by atoms with Gasteiger partial charge in [0.1, 0.15) is 11.1 Å². The molecule has 2 unspecified atom stereocenters. The molecule has 4 nitrogen and oxygen atoms in total. The fourth-order valence-electron chi connectivity index (χ4n) is 2.56. The Labute approximate surface area is 120 Å². The first kappa shape index (κ1) is 14.9. The highest BCUT2D eigenvalue weighted by molar-refractivity contribution is 7.09. The molecule has 1 aliphatic rings. The molecule has 2 rings (SSSR count). The minimum absolute atomic E-state index is 0.108. The van der Waals surface area contributed by atoms with Gasteiger partial charge in [-0.15, -0.1) is 11.3 Å². The number of likely N-dealkylation sites (tertiary alicyclic amines) is 1. The first-order valence-electron chi connectivity index (χ1n) is 7.04. The fraction of sp³-hybridized carbons (Fsp3) is 0.786. The minimum Gasteiger partial charge on any atom is -0.372 e. The molecule has 0 saturated carbocycles. The maximum Gasteiger partial charge on any atom is 0.122 e. The Bertz CT molecular complexity index is 409. The maximum absolute atomic E-state index is 5.84. The van der Waals surface area contributed by atoms with Crippen LogP contribution >= 0.6 is 11.3 Å². The summed E-state index contributed by atoms with van der Waals surface area (Å²) in [5.74, 6) is 0. The van der Waals surface area contributed by atoms with Gasteiger partial charge in [-0.3, -0.25) is 4.90 Å². The first-order chi connectivity index (χ1) is 9.06. The van der Waals surface area contributed by atoms with E-state index in [9.17, 15) is 0 Å². The molecular formula is C14H25N3OS. The molecule has 1 saturated heterocycles. The highest BCUT2D eigenvalue weighted by atomic mass is 32.1. The predicted molar refractivity (Wildman–Crippen MR) is 79.2 cm³/mol. The van der Waals surface area contributed by atoms with Crippen LogP contribution in [0.1, 0.15) is 44.0 Å². The zero-order chi connectivity index (χ0) is 13.9. The van der Waals surface area contributed by atoms with Crippen molar-refractivity contribution in [1.29, 1.82) is 0 Å². The van der Waals surface area contributed by atoms with Gasteiger partial charge in [-0.25, -0.2) is 4.98 Å². The molecule has 0 radical (unpaired) electrons. The summed E-state index contributed by atoms with van der Waals surface area (Å²) in [7, 11) is 0. The van der Waals surface area contributed by atoms with Gasteiger partial charge in [-0.05, 0) is 38.8 Å². The van der Waals surface area contributed by atoms with Gasteiger partial charge < -0.3 is 10.5 Å². The smallest absolute Gasteiger partial charge is 0.122 e. The van der Waals surface area contributed by atoms with Gasteiger partial charge in [0.15, 0.2) is 0 Å². The van der Waals surface area contributed by atoms with Crippen molar-refractivity contribution in [2.24, 2.45) is 11.1 Å². The highest BCUT2D eigenvalue weighted by Gasteiger charge is 2.32. The van der Waals surface area contributed by atoms with E-state index in [0.717, 1.165) is 43.5 Å². The second kappa shape index (κ2) is 6.31. The Hall–Kier alpha value is -0.490. The maximum atomic E-state index is 5.84. The Kier molecular flexibility index (Phi) is 4.95. The van der Waals surface area contributed by atoms with Crippen molar-refractivity contribution < 1.29 is 4.74 Å². The summed E-state index contributed by atoms with van der Waals surface area (Å²) in [5, 5.41) is 3.24. The van der Waals surface area contributed by atoms with Gasteiger partial charge in [0.2, 0.25) is 0 Å². The molecule has 0 bridgehead atoms. The molecule has 0 spiro atoms. The molecule has 19 heavy (non-hydrogen) atoms. The summed E-state index contributed by atoms with van der Waals surface area (Å²) in [6.45, 7) is 11.0. The third kappa shape index (κ3) is 3.75. The van der Waals surface area contributed by atoms with E-state index < -0.39 is 0 Å². The molecular weight excluding hydrogens is 258 g/mol. The average Bonchev–Trinajstić information content (AvgIpc) is 2.98. The van der Waals surface area contributed by atoms with E-state index in [2.05, 4.69) is 29.1 Å². The molecule has 2 N–H and O–H groups in total. The van der Waals surface area contributed by atoms with Gasteiger partial charge in [0.05, 0.1) is 5.69 Å². The summed E-state index contributed by atoms with van der Waals surface area (Å²) >= 11 is 1.70. The number of thiazole rings is 1. The predicted octanol–water partition coefficient (Wildman–Crippen LogP) is 2.41. The van der Waals surface area contributed by atoms with Crippen molar-refractivity contribution in [1.82, 2.24) is 9.88 Å². The number of nitrogens with two attached hydrogens (primary N) is 1. The quantitative estimate of drug-likeness (QED) is 0.871. The van der Waals surface area contributed by atoms with Crippen LogP contribution in [0.25, 0.3) is 0 Å². The van der Waals surface area contributed by atoms with Crippen molar-refractivity contribution in [3.8, 4) is 0 Å². The standard InChI is InChI=1S/C14H25N3OS/c1-4-18-11(2)13-16-12(8-19-13)7-17-6-5-14(3,9-15)10-17/h8,11H,4-7,9-10,15H2,1-3H3.